The summed E-state index contributed by atoms with van der Waals surface area (Å²) >= 11 is 1.24. The minimum atomic E-state index is -0.446. The van der Waals surface area contributed by atoms with Crippen molar-refractivity contribution in [3.05, 3.63) is 87.3 Å². The number of dihydropyridines is 1. The number of thioether (sulfide) groups is 1. The van der Waals surface area contributed by atoms with Gasteiger partial charge in [-0.25, -0.2) is 4.39 Å². The number of anilines is 1. The van der Waals surface area contributed by atoms with E-state index in [1.165, 1.54) is 41.6 Å². The average molecular weight is 476 g/mol. The van der Waals surface area contributed by atoms with Crippen LogP contribution in [0.5, 0.6) is 0 Å². The van der Waals surface area contributed by atoms with Gasteiger partial charge in [-0.3, -0.25) is 9.59 Å². The van der Waals surface area contributed by atoms with Crippen molar-refractivity contribution in [1.29, 1.82) is 5.26 Å². The molecule has 2 aromatic rings. The summed E-state index contributed by atoms with van der Waals surface area (Å²) in [5, 5.41) is 16.7. The molecule has 0 saturated carbocycles. The van der Waals surface area contributed by atoms with Crippen LogP contribution in [0, 0.1) is 17.1 Å². The lowest BCUT2D eigenvalue weighted by atomic mass is 9.76. The van der Waals surface area contributed by atoms with Gasteiger partial charge in [0.2, 0.25) is 5.91 Å². The Morgan fingerprint density at radius 1 is 1.18 bits per heavy atom. The fourth-order valence-corrected chi connectivity index (χ4v) is 5.17. The lowest BCUT2D eigenvalue weighted by Crippen LogP contribution is -2.31. The van der Waals surface area contributed by atoms with Gasteiger partial charge in [0, 0.05) is 23.4 Å². The first-order valence-electron chi connectivity index (χ1n) is 11.3. The summed E-state index contributed by atoms with van der Waals surface area (Å²) in [6.45, 7) is 4.24. The van der Waals surface area contributed by atoms with Gasteiger partial charge >= 0.3 is 0 Å². The third-order valence-electron chi connectivity index (χ3n) is 6.08. The molecule has 1 amide bonds. The molecule has 7 heteroatoms. The van der Waals surface area contributed by atoms with Crippen LogP contribution in [0.3, 0.4) is 0 Å². The van der Waals surface area contributed by atoms with Crippen LogP contribution in [0.4, 0.5) is 10.1 Å². The summed E-state index contributed by atoms with van der Waals surface area (Å²) in [6.07, 6.45) is 1.96. The summed E-state index contributed by atoms with van der Waals surface area (Å²) in [4.78, 5) is 25.4. The minimum absolute atomic E-state index is 0.0672. The van der Waals surface area contributed by atoms with Crippen molar-refractivity contribution in [3.8, 4) is 6.07 Å². The van der Waals surface area contributed by atoms with Crippen LogP contribution in [0.15, 0.2) is 70.4 Å². The molecule has 174 valence electrons. The number of benzene rings is 2. The number of Topliss-reactive ketones (excluding diaryl/α,β-unsaturated/α-hetero) is 1. The molecular formula is C27H26FN3O2S. The summed E-state index contributed by atoms with van der Waals surface area (Å²) in [7, 11) is 0. The zero-order valence-corrected chi connectivity index (χ0v) is 20.0. The van der Waals surface area contributed by atoms with Crippen molar-refractivity contribution in [3.63, 3.8) is 0 Å². The number of halogens is 1. The Balaban J connectivity index is 1.61. The van der Waals surface area contributed by atoms with Gasteiger partial charge in [-0.05, 0) is 54.2 Å². The predicted molar refractivity (Wildman–Crippen MR) is 132 cm³/mol. The fraction of sp³-hybridized carbons (Fsp3) is 0.296. The third-order valence-corrected chi connectivity index (χ3v) is 7.09. The summed E-state index contributed by atoms with van der Waals surface area (Å²) < 4.78 is 13.1. The smallest absolute Gasteiger partial charge is 0.234 e. The molecule has 34 heavy (non-hydrogen) atoms. The Labute approximate surface area is 203 Å². The molecule has 2 aliphatic rings. The van der Waals surface area contributed by atoms with Crippen molar-refractivity contribution in [2.75, 3.05) is 11.1 Å². The maximum absolute atomic E-state index is 13.1. The van der Waals surface area contributed by atoms with Crippen molar-refractivity contribution in [2.45, 2.75) is 44.9 Å². The first-order valence-corrected chi connectivity index (χ1v) is 12.3. The maximum Gasteiger partial charge on any atom is 0.234 e. The summed E-state index contributed by atoms with van der Waals surface area (Å²) in [6, 6.07) is 16.0. The van der Waals surface area contributed by atoms with Crippen LogP contribution in [0.25, 0.3) is 0 Å². The molecule has 5 nitrogen and oxygen atoms in total. The standard InChI is InChI=1S/C27H26FN3O2S/c1-16(2)17-6-8-18(9-7-17)25-21(14-29)27(31-22-4-3-5-23(32)26(22)25)34-15-24(33)30-20-12-10-19(28)11-13-20/h6-13,16,25,31H,3-5,15H2,1-2H3,(H,30,33)/t25-/m1/s1. The van der Waals surface area contributed by atoms with E-state index in [2.05, 4.69) is 30.6 Å². The molecule has 2 aromatic carbocycles. The van der Waals surface area contributed by atoms with E-state index in [1.54, 1.807) is 0 Å². The van der Waals surface area contributed by atoms with Crippen molar-refractivity contribution < 1.29 is 14.0 Å². The lowest BCUT2D eigenvalue weighted by Gasteiger charge is -2.33. The highest BCUT2D eigenvalue weighted by Gasteiger charge is 2.37. The van der Waals surface area contributed by atoms with Gasteiger partial charge in [0.1, 0.15) is 5.82 Å². The van der Waals surface area contributed by atoms with Gasteiger partial charge < -0.3 is 10.6 Å². The molecule has 0 radical (unpaired) electrons. The lowest BCUT2D eigenvalue weighted by molar-refractivity contribution is -0.116. The highest BCUT2D eigenvalue weighted by molar-refractivity contribution is 8.03. The number of nitrogens with zero attached hydrogens (tertiary/aromatic N) is 1. The van der Waals surface area contributed by atoms with Crippen LogP contribution >= 0.6 is 11.8 Å². The third kappa shape index (κ3) is 5.07. The molecule has 0 bridgehead atoms. The zero-order chi connectivity index (χ0) is 24.2. The van der Waals surface area contributed by atoms with E-state index >= 15 is 0 Å². The van der Waals surface area contributed by atoms with Gasteiger partial charge in [-0.2, -0.15) is 5.26 Å². The van der Waals surface area contributed by atoms with E-state index in [0.717, 1.165) is 24.1 Å². The average Bonchev–Trinajstić information content (AvgIpc) is 2.83. The zero-order valence-electron chi connectivity index (χ0n) is 19.2. The minimum Gasteiger partial charge on any atom is -0.352 e. The van der Waals surface area contributed by atoms with E-state index in [-0.39, 0.29) is 23.3 Å². The molecule has 1 atom stereocenters. The molecule has 2 N–H and O–H groups in total. The Morgan fingerprint density at radius 3 is 2.53 bits per heavy atom. The van der Waals surface area contributed by atoms with Gasteiger partial charge in [-0.1, -0.05) is 49.9 Å². The van der Waals surface area contributed by atoms with Gasteiger partial charge in [-0.15, -0.1) is 0 Å². The molecule has 1 aliphatic heterocycles. The van der Waals surface area contributed by atoms with Gasteiger partial charge in [0.05, 0.1) is 28.3 Å². The second-order valence-electron chi connectivity index (χ2n) is 8.75. The van der Waals surface area contributed by atoms with Crippen LogP contribution in [0.2, 0.25) is 0 Å². The van der Waals surface area contributed by atoms with Crippen LogP contribution < -0.4 is 10.6 Å². The topological polar surface area (TPSA) is 82.0 Å². The van der Waals surface area contributed by atoms with E-state index in [9.17, 15) is 19.2 Å². The second-order valence-corrected chi connectivity index (χ2v) is 9.73. The highest BCUT2D eigenvalue weighted by Crippen LogP contribution is 2.44. The Kier molecular flexibility index (Phi) is 7.18. The summed E-state index contributed by atoms with van der Waals surface area (Å²) in [5.41, 5.74) is 4.56. The molecule has 0 fully saturated rings. The van der Waals surface area contributed by atoms with Gasteiger partial charge in [0.25, 0.3) is 0 Å². The molecular weight excluding hydrogens is 449 g/mol. The van der Waals surface area contributed by atoms with E-state index < -0.39 is 5.92 Å². The van der Waals surface area contributed by atoms with Crippen molar-refractivity contribution in [1.82, 2.24) is 5.32 Å². The number of allylic oxidation sites excluding steroid dienone is 3. The number of hydrogen-bond donors (Lipinski definition) is 2. The monoisotopic (exact) mass is 475 g/mol. The Hall–Kier alpha value is -3.37. The van der Waals surface area contributed by atoms with Crippen molar-refractivity contribution >= 4 is 29.1 Å². The first-order chi connectivity index (χ1) is 16.4. The number of nitrogens with one attached hydrogen (secondary N) is 2. The number of nitriles is 1. The highest BCUT2D eigenvalue weighted by atomic mass is 32.2. The van der Waals surface area contributed by atoms with Gasteiger partial charge in [0.15, 0.2) is 5.78 Å². The maximum atomic E-state index is 13.1. The van der Waals surface area contributed by atoms with Crippen LogP contribution in [0.1, 0.15) is 56.1 Å². The largest absolute Gasteiger partial charge is 0.352 e. The molecule has 0 unspecified atom stereocenters. The quantitative estimate of drug-likeness (QED) is 0.556. The number of hydrogen-bond acceptors (Lipinski definition) is 5. The first kappa shape index (κ1) is 23.8. The Morgan fingerprint density at radius 2 is 1.88 bits per heavy atom. The molecule has 0 spiro atoms. The van der Waals surface area contributed by atoms with E-state index in [4.69, 9.17) is 0 Å². The molecule has 0 aromatic heterocycles. The number of carbonyl (C=O) groups is 2. The molecule has 1 aliphatic carbocycles. The van der Waals surface area contributed by atoms with Crippen LogP contribution in [-0.2, 0) is 9.59 Å². The number of rotatable bonds is 6. The number of ketones is 1. The van der Waals surface area contributed by atoms with E-state index in [0.29, 0.717) is 34.2 Å². The molecule has 0 saturated heterocycles. The van der Waals surface area contributed by atoms with Crippen molar-refractivity contribution in [2.24, 2.45) is 0 Å². The number of carbonyl (C=O) groups excluding carboxylic acids is 2. The molecule has 4 rings (SSSR count). The second kappa shape index (κ2) is 10.3. The fourth-order valence-electron chi connectivity index (χ4n) is 4.31. The Bertz CT molecular complexity index is 1210. The van der Waals surface area contributed by atoms with E-state index in [1.807, 2.05) is 24.3 Å². The predicted octanol–water partition coefficient (Wildman–Crippen LogP) is 5.75. The normalized spacial score (nSPS) is 17.9. The number of amides is 1. The SMILES string of the molecule is CC(C)c1ccc([C@@H]2C(C#N)=C(SCC(=O)Nc3ccc(F)cc3)NC3=C2C(=O)CCC3)cc1. The summed E-state index contributed by atoms with van der Waals surface area (Å²) in [5.74, 6) is -0.567. The van der Waals surface area contributed by atoms with Crippen LogP contribution in [-0.4, -0.2) is 17.4 Å². The molecule has 1 heterocycles.